The predicted octanol–water partition coefficient (Wildman–Crippen LogP) is 1.19. The van der Waals surface area contributed by atoms with Gasteiger partial charge in [-0.25, -0.2) is 4.79 Å². The van der Waals surface area contributed by atoms with E-state index in [0.29, 0.717) is 19.7 Å². The molecule has 1 fully saturated rings. The molecule has 1 aromatic carbocycles. The van der Waals surface area contributed by atoms with E-state index in [2.05, 4.69) is 10.6 Å². The summed E-state index contributed by atoms with van der Waals surface area (Å²) < 4.78 is 5.07. The highest BCUT2D eigenvalue weighted by Crippen LogP contribution is 2.13. The van der Waals surface area contributed by atoms with Crippen LogP contribution >= 0.6 is 0 Å². The second kappa shape index (κ2) is 6.38. The van der Waals surface area contributed by atoms with E-state index in [1.54, 1.807) is 14.0 Å². The van der Waals surface area contributed by atoms with Crippen LogP contribution in [0.25, 0.3) is 0 Å². The lowest BCUT2D eigenvalue weighted by Gasteiger charge is -2.20. The van der Waals surface area contributed by atoms with Crippen LogP contribution in [0.15, 0.2) is 24.3 Å². The smallest absolute Gasteiger partial charge is 0.324 e. The van der Waals surface area contributed by atoms with Gasteiger partial charge in [0, 0.05) is 25.9 Å². The van der Waals surface area contributed by atoms with E-state index in [1.807, 2.05) is 24.3 Å². The molecule has 0 saturated carbocycles. The first-order valence-electron chi connectivity index (χ1n) is 6.55. The molecule has 1 saturated heterocycles. The molecule has 3 amide bonds. The molecule has 0 aromatic heterocycles. The number of imide groups is 1. The summed E-state index contributed by atoms with van der Waals surface area (Å²) in [4.78, 5) is 24.8. The summed E-state index contributed by atoms with van der Waals surface area (Å²) in [7, 11) is 1.64. The summed E-state index contributed by atoms with van der Waals surface area (Å²) in [5.41, 5.74) is 1.86. The second-order valence-electron chi connectivity index (χ2n) is 4.72. The fourth-order valence-corrected chi connectivity index (χ4v) is 2.14. The maximum Gasteiger partial charge on any atom is 0.324 e. The van der Waals surface area contributed by atoms with Crippen molar-refractivity contribution in [3.05, 3.63) is 29.8 Å². The molecule has 0 bridgehead atoms. The lowest BCUT2D eigenvalue weighted by molar-refractivity contribution is -0.128. The number of nitrogens with one attached hydrogen (secondary N) is 2. The Balaban J connectivity index is 2.00. The summed E-state index contributed by atoms with van der Waals surface area (Å²) in [5, 5.41) is 5.73. The summed E-state index contributed by atoms with van der Waals surface area (Å²) in [5.74, 6) is -0.225. The number of rotatable bonds is 5. The summed E-state index contributed by atoms with van der Waals surface area (Å²) in [6.07, 6.45) is 0. The second-order valence-corrected chi connectivity index (χ2v) is 4.72. The molecule has 2 rings (SSSR count). The zero-order valence-corrected chi connectivity index (χ0v) is 11.7. The molecule has 2 N–H and O–H groups in total. The minimum Gasteiger partial charge on any atom is -0.380 e. The van der Waals surface area contributed by atoms with Gasteiger partial charge in [0.1, 0.15) is 6.04 Å². The topological polar surface area (TPSA) is 70.7 Å². The molecule has 1 atom stereocenters. The average Bonchev–Trinajstić information content (AvgIpc) is 2.85. The van der Waals surface area contributed by atoms with E-state index in [1.165, 1.54) is 4.90 Å². The molecule has 1 aliphatic heterocycles. The van der Waals surface area contributed by atoms with Crippen molar-refractivity contribution in [2.45, 2.75) is 19.6 Å². The third-order valence-electron chi connectivity index (χ3n) is 3.11. The Morgan fingerprint density at radius 3 is 3.00 bits per heavy atom. The number of ether oxygens (including phenoxy) is 1. The van der Waals surface area contributed by atoms with Crippen molar-refractivity contribution < 1.29 is 14.3 Å². The van der Waals surface area contributed by atoms with Crippen LogP contribution in [0.5, 0.6) is 0 Å². The van der Waals surface area contributed by atoms with Gasteiger partial charge in [-0.15, -0.1) is 0 Å². The van der Waals surface area contributed by atoms with Crippen LogP contribution in [0, 0.1) is 0 Å². The zero-order valence-electron chi connectivity index (χ0n) is 11.7. The Labute approximate surface area is 118 Å². The van der Waals surface area contributed by atoms with E-state index in [0.717, 1.165) is 11.3 Å². The number of methoxy groups -OCH3 is 1. The first kappa shape index (κ1) is 14.3. The number of urea groups is 1. The average molecular weight is 277 g/mol. The van der Waals surface area contributed by atoms with E-state index in [4.69, 9.17) is 4.74 Å². The van der Waals surface area contributed by atoms with Gasteiger partial charge in [-0.1, -0.05) is 12.1 Å². The molecule has 0 radical (unpaired) electrons. The number of nitrogens with zero attached hydrogens (tertiary/aromatic N) is 1. The maximum atomic E-state index is 12.1. The van der Waals surface area contributed by atoms with E-state index < -0.39 is 6.04 Å². The van der Waals surface area contributed by atoms with Gasteiger partial charge in [-0.3, -0.25) is 9.69 Å². The van der Waals surface area contributed by atoms with Gasteiger partial charge < -0.3 is 15.4 Å². The van der Waals surface area contributed by atoms with Gasteiger partial charge in [-0.05, 0) is 24.6 Å². The van der Waals surface area contributed by atoms with Crippen molar-refractivity contribution in [3.63, 3.8) is 0 Å². The maximum absolute atomic E-state index is 12.1. The van der Waals surface area contributed by atoms with Crippen molar-refractivity contribution in [2.75, 3.05) is 25.5 Å². The molecule has 20 heavy (non-hydrogen) atoms. The number of amides is 3. The number of carbonyl (C=O) groups is 2. The largest absolute Gasteiger partial charge is 0.380 e. The van der Waals surface area contributed by atoms with Gasteiger partial charge in [-0.2, -0.15) is 0 Å². The Hall–Kier alpha value is -2.08. The van der Waals surface area contributed by atoms with Crippen LogP contribution in [0.3, 0.4) is 0 Å². The number of hydrogen-bond acceptors (Lipinski definition) is 4. The minimum absolute atomic E-state index is 0.225. The molecular formula is C14H19N3O3. The SMILES string of the molecule is COCc1cccc(N[C@@H](C)C(=O)N2CCNC2=O)c1. The van der Waals surface area contributed by atoms with Crippen molar-refractivity contribution >= 4 is 17.6 Å². The predicted molar refractivity (Wildman–Crippen MR) is 75.4 cm³/mol. The summed E-state index contributed by atoms with van der Waals surface area (Å²) >= 11 is 0. The first-order valence-corrected chi connectivity index (χ1v) is 6.55. The highest BCUT2D eigenvalue weighted by Gasteiger charge is 2.29. The molecule has 0 spiro atoms. The minimum atomic E-state index is -0.461. The van der Waals surface area contributed by atoms with Gasteiger partial charge in [0.05, 0.1) is 6.61 Å². The van der Waals surface area contributed by atoms with Crippen molar-refractivity contribution in [2.24, 2.45) is 0 Å². The standard InChI is InChI=1S/C14H19N3O3/c1-10(13(18)17-7-6-15-14(17)19)16-12-5-3-4-11(8-12)9-20-2/h3-5,8,10,16H,6-7,9H2,1-2H3,(H,15,19)/t10-/m0/s1. The van der Waals surface area contributed by atoms with Crippen molar-refractivity contribution in [3.8, 4) is 0 Å². The highest BCUT2D eigenvalue weighted by atomic mass is 16.5. The number of carbonyl (C=O) groups excluding carboxylic acids is 2. The normalized spacial score (nSPS) is 15.9. The number of anilines is 1. The van der Waals surface area contributed by atoms with Crippen LogP contribution in [0.2, 0.25) is 0 Å². The van der Waals surface area contributed by atoms with Crippen molar-refractivity contribution in [1.82, 2.24) is 10.2 Å². The third kappa shape index (κ3) is 3.27. The summed E-state index contributed by atoms with van der Waals surface area (Å²) in [6.45, 7) is 3.21. The van der Waals surface area contributed by atoms with Crippen LogP contribution in [0.4, 0.5) is 10.5 Å². The quantitative estimate of drug-likeness (QED) is 0.848. The Morgan fingerprint density at radius 1 is 1.55 bits per heavy atom. The lowest BCUT2D eigenvalue weighted by Crippen LogP contribution is -2.43. The molecule has 6 nitrogen and oxygen atoms in total. The van der Waals surface area contributed by atoms with Crippen LogP contribution in [-0.2, 0) is 16.1 Å². The monoisotopic (exact) mass is 277 g/mol. The molecule has 1 aromatic rings. The molecule has 0 unspecified atom stereocenters. The fraction of sp³-hybridized carbons (Fsp3) is 0.429. The van der Waals surface area contributed by atoms with Crippen LogP contribution < -0.4 is 10.6 Å². The summed E-state index contributed by atoms with van der Waals surface area (Å²) in [6, 6.07) is 6.88. The molecular weight excluding hydrogens is 258 g/mol. The Bertz CT molecular complexity index is 504. The van der Waals surface area contributed by atoms with Gasteiger partial charge in [0.25, 0.3) is 5.91 Å². The van der Waals surface area contributed by atoms with E-state index in [-0.39, 0.29) is 11.9 Å². The molecule has 6 heteroatoms. The Kier molecular flexibility index (Phi) is 4.57. The van der Waals surface area contributed by atoms with Gasteiger partial charge >= 0.3 is 6.03 Å². The van der Waals surface area contributed by atoms with E-state index in [9.17, 15) is 9.59 Å². The lowest BCUT2D eigenvalue weighted by atomic mass is 10.2. The number of hydrogen-bond donors (Lipinski definition) is 2. The van der Waals surface area contributed by atoms with Crippen LogP contribution in [-0.4, -0.2) is 43.1 Å². The first-order chi connectivity index (χ1) is 9.61. The molecule has 0 aliphatic carbocycles. The molecule has 1 heterocycles. The number of benzene rings is 1. The third-order valence-corrected chi connectivity index (χ3v) is 3.11. The van der Waals surface area contributed by atoms with Crippen LogP contribution in [0.1, 0.15) is 12.5 Å². The van der Waals surface area contributed by atoms with Gasteiger partial charge in [0.2, 0.25) is 0 Å². The zero-order chi connectivity index (χ0) is 14.5. The van der Waals surface area contributed by atoms with Gasteiger partial charge in [0.15, 0.2) is 0 Å². The fourth-order valence-electron chi connectivity index (χ4n) is 2.14. The molecule has 108 valence electrons. The molecule has 1 aliphatic rings. The highest BCUT2D eigenvalue weighted by molar-refractivity contribution is 5.99. The van der Waals surface area contributed by atoms with E-state index >= 15 is 0 Å². The Morgan fingerprint density at radius 2 is 2.35 bits per heavy atom. The van der Waals surface area contributed by atoms with Crippen molar-refractivity contribution in [1.29, 1.82) is 0 Å².